The van der Waals surface area contributed by atoms with Gasteiger partial charge in [0.1, 0.15) is 11.4 Å². The largest absolute Gasteiger partial charge is 0.493 e. The lowest BCUT2D eigenvalue weighted by molar-refractivity contribution is -0.0470. The average molecular weight is 380 g/mol. The highest BCUT2D eigenvalue weighted by molar-refractivity contribution is 5.91. The van der Waals surface area contributed by atoms with Crippen molar-refractivity contribution in [3.63, 3.8) is 0 Å². The molecule has 1 unspecified atom stereocenters. The van der Waals surface area contributed by atoms with E-state index >= 15 is 0 Å². The lowest BCUT2D eigenvalue weighted by Crippen LogP contribution is -2.49. The maximum atomic E-state index is 6.25. The van der Waals surface area contributed by atoms with E-state index in [9.17, 15) is 0 Å². The Kier molecular flexibility index (Phi) is 4.68. The summed E-state index contributed by atoms with van der Waals surface area (Å²) in [5.41, 5.74) is 7.65. The average Bonchev–Trinajstić information content (AvgIpc) is 2.73. The molecule has 2 N–H and O–H groups in total. The summed E-state index contributed by atoms with van der Waals surface area (Å²) in [4.78, 5) is 11.4. The predicted molar refractivity (Wildman–Crippen MR) is 109 cm³/mol. The van der Waals surface area contributed by atoms with Crippen LogP contribution >= 0.6 is 0 Å². The Balaban J connectivity index is 1.72. The Morgan fingerprint density at radius 2 is 1.79 bits per heavy atom. The summed E-state index contributed by atoms with van der Waals surface area (Å²) in [5.74, 6) is 2.20. The van der Waals surface area contributed by atoms with E-state index in [1.807, 2.05) is 24.3 Å². The molecule has 7 nitrogen and oxygen atoms in total. The van der Waals surface area contributed by atoms with E-state index in [-0.39, 0.29) is 0 Å². The maximum absolute atomic E-state index is 6.25. The van der Waals surface area contributed by atoms with Crippen LogP contribution in [0.15, 0.2) is 42.5 Å². The number of nitrogens with zero attached hydrogens (tertiary/aromatic N) is 3. The molecule has 0 saturated carbocycles. The maximum Gasteiger partial charge on any atom is 0.228 e. The molecule has 0 amide bonds. The van der Waals surface area contributed by atoms with Crippen LogP contribution in [0, 0.1) is 0 Å². The molecule has 0 spiro atoms. The summed E-state index contributed by atoms with van der Waals surface area (Å²) in [7, 11) is 3.19. The van der Waals surface area contributed by atoms with Crippen LogP contribution in [0.4, 0.5) is 11.8 Å². The van der Waals surface area contributed by atoms with Crippen molar-refractivity contribution >= 4 is 22.7 Å². The van der Waals surface area contributed by atoms with E-state index in [0.717, 1.165) is 10.9 Å². The molecule has 1 aliphatic heterocycles. The first-order valence-corrected chi connectivity index (χ1v) is 9.18. The SMILES string of the molecule is COc1cc2nc(N3CCOC(C)(c4ccccc4)C3)nc(N)c2cc1OC. The van der Waals surface area contributed by atoms with E-state index < -0.39 is 5.60 Å². The van der Waals surface area contributed by atoms with Gasteiger partial charge in [-0.05, 0) is 18.6 Å². The quantitative estimate of drug-likeness (QED) is 0.745. The standard InChI is InChI=1S/C21H24N4O3/c1-21(14-7-5-4-6-8-14)13-25(9-10-28-21)20-23-16-12-18(27-3)17(26-2)11-15(16)19(22)24-20/h4-8,11-12H,9-10,13H2,1-3H3,(H2,22,23,24). The van der Waals surface area contributed by atoms with Gasteiger partial charge in [0.2, 0.25) is 5.95 Å². The second-order valence-electron chi connectivity index (χ2n) is 7.00. The van der Waals surface area contributed by atoms with Gasteiger partial charge in [-0.3, -0.25) is 0 Å². The molecule has 146 valence electrons. The van der Waals surface area contributed by atoms with E-state index in [1.165, 1.54) is 0 Å². The molecule has 1 saturated heterocycles. The fraction of sp³-hybridized carbons (Fsp3) is 0.333. The van der Waals surface area contributed by atoms with Crippen molar-refractivity contribution in [3.8, 4) is 11.5 Å². The monoisotopic (exact) mass is 380 g/mol. The molecular formula is C21H24N4O3. The molecule has 1 fully saturated rings. The molecule has 2 heterocycles. The zero-order valence-electron chi connectivity index (χ0n) is 16.3. The van der Waals surface area contributed by atoms with Crippen LogP contribution in [0.1, 0.15) is 12.5 Å². The Labute approximate surface area is 164 Å². The minimum atomic E-state index is -0.440. The van der Waals surface area contributed by atoms with Gasteiger partial charge in [-0.15, -0.1) is 0 Å². The first-order valence-electron chi connectivity index (χ1n) is 9.18. The normalized spacial score (nSPS) is 19.6. The summed E-state index contributed by atoms with van der Waals surface area (Å²) in [6.45, 7) is 4.00. The van der Waals surface area contributed by atoms with Gasteiger partial charge >= 0.3 is 0 Å². The zero-order valence-corrected chi connectivity index (χ0v) is 16.3. The molecule has 0 aliphatic carbocycles. The number of benzene rings is 2. The molecule has 2 aromatic carbocycles. The van der Waals surface area contributed by atoms with Gasteiger partial charge in [0.15, 0.2) is 11.5 Å². The molecule has 28 heavy (non-hydrogen) atoms. The van der Waals surface area contributed by atoms with Gasteiger partial charge < -0.3 is 24.8 Å². The van der Waals surface area contributed by atoms with Crippen molar-refractivity contribution in [2.75, 3.05) is 44.5 Å². The third-order valence-corrected chi connectivity index (χ3v) is 5.16. The van der Waals surface area contributed by atoms with Crippen LogP contribution in [0.5, 0.6) is 11.5 Å². The molecule has 4 rings (SSSR count). The highest BCUT2D eigenvalue weighted by Crippen LogP contribution is 2.35. The number of nitrogens with two attached hydrogens (primary N) is 1. The van der Waals surface area contributed by atoms with E-state index in [1.54, 1.807) is 20.3 Å². The van der Waals surface area contributed by atoms with Crippen molar-refractivity contribution < 1.29 is 14.2 Å². The van der Waals surface area contributed by atoms with Crippen molar-refractivity contribution in [1.82, 2.24) is 9.97 Å². The number of hydrogen-bond acceptors (Lipinski definition) is 7. The van der Waals surface area contributed by atoms with E-state index in [4.69, 9.17) is 24.9 Å². The third-order valence-electron chi connectivity index (χ3n) is 5.16. The van der Waals surface area contributed by atoms with Gasteiger partial charge in [-0.2, -0.15) is 4.98 Å². The first kappa shape index (κ1) is 18.3. The molecular weight excluding hydrogens is 356 g/mol. The second-order valence-corrected chi connectivity index (χ2v) is 7.00. The number of anilines is 2. The molecule has 0 bridgehead atoms. The fourth-order valence-corrected chi connectivity index (χ4v) is 3.61. The number of aromatic nitrogens is 2. The molecule has 0 radical (unpaired) electrons. The Hall–Kier alpha value is -3.06. The smallest absolute Gasteiger partial charge is 0.228 e. The third kappa shape index (κ3) is 3.18. The van der Waals surface area contributed by atoms with Crippen molar-refractivity contribution in [1.29, 1.82) is 0 Å². The van der Waals surface area contributed by atoms with E-state index in [2.05, 4.69) is 28.9 Å². The van der Waals surface area contributed by atoms with Crippen LogP contribution in [0.25, 0.3) is 10.9 Å². The number of hydrogen-bond donors (Lipinski definition) is 1. The van der Waals surface area contributed by atoms with Gasteiger partial charge in [0.05, 0.1) is 32.9 Å². The summed E-state index contributed by atoms with van der Waals surface area (Å²) in [6.07, 6.45) is 0. The predicted octanol–water partition coefficient (Wildman–Crippen LogP) is 2.98. The highest BCUT2D eigenvalue weighted by atomic mass is 16.5. The minimum absolute atomic E-state index is 0.411. The molecule has 1 atom stereocenters. The van der Waals surface area contributed by atoms with Gasteiger partial charge in [-0.1, -0.05) is 30.3 Å². The number of morpholine rings is 1. The number of ether oxygens (including phenoxy) is 3. The van der Waals surface area contributed by atoms with Crippen LogP contribution in [0.3, 0.4) is 0 Å². The molecule has 3 aromatic rings. The number of nitrogen functional groups attached to an aromatic ring is 1. The highest BCUT2D eigenvalue weighted by Gasteiger charge is 2.35. The fourth-order valence-electron chi connectivity index (χ4n) is 3.61. The Morgan fingerprint density at radius 3 is 2.50 bits per heavy atom. The molecule has 7 heteroatoms. The van der Waals surface area contributed by atoms with Gasteiger partial charge in [0, 0.05) is 18.0 Å². The van der Waals surface area contributed by atoms with Gasteiger partial charge in [0.25, 0.3) is 0 Å². The van der Waals surface area contributed by atoms with Crippen molar-refractivity contribution in [2.24, 2.45) is 0 Å². The topological polar surface area (TPSA) is 82.7 Å². The number of rotatable bonds is 4. The summed E-state index contributed by atoms with van der Waals surface area (Å²) >= 11 is 0. The molecule has 1 aliphatic rings. The van der Waals surface area contributed by atoms with Crippen LogP contribution < -0.4 is 20.1 Å². The van der Waals surface area contributed by atoms with E-state index in [0.29, 0.717) is 48.5 Å². The van der Waals surface area contributed by atoms with Crippen LogP contribution in [-0.2, 0) is 10.3 Å². The minimum Gasteiger partial charge on any atom is -0.493 e. The van der Waals surface area contributed by atoms with Crippen LogP contribution in [-0.4, -0.2) is 43.9 Å². The Bertz CT molecular complexity index is 996. The van der Waals surface area contributed by atoms with Crippen molar-refractivity contribution in [2.45, 2.75) is 12.5 Å². The summed E-state index contributed by atoms with van der Waals surface area (Å²) in [5, 5.41) is 0.737. The summed E-state index contributed by atoms with van der Waals surface area (Å²) in [6, 6.07) is 13.8. The zero-order chi connectivity index (χ0) is 19.7. The van der Waals surface area contributed by atoms with Crippen molar-refractivity contribution in [3.05, 3.63) is 48.0 Å². The second kappa shape index (κ2) is 7.16. The molecule has 1 aromatic heterocycles. The Morgan fingerprint density at radius 1 is 1.07 bits per heavy atom. The lowest BCUT2D eigenvalue weighted by Gasteiger charge is -2.41. The number of methoxy groups -OCH3 is 2. The summed E-state index contributed by atoms with van der Waals surface area (Å²) < 4.78 is 16.9. The van der Waals surface area contributed by atoms with Crippen LogP contribution in [0.2, 0.25) is 0 Å². The first-order chi connectivity index (χ1) is 13.5. The lowest BCUT2D eigenvalue weighted by atomic mass is 9.94. The number of fused-ring (bicyclic) bond motifs is 1. The van der Waals surface area contributed by atoms with Gasteiger partial charge in [-0.25, -0.2) is 4.98 Å².